The summed E-state index contributed by atoms with van der Waals surface area (Å²) in [6.07, 6.45) is 5.01. The minimum atomic E-state index is -3.76. The lowest BCUT2D eigenvalue weighted by atomic mass is 10.0. The van der Waals surface area contributed by atoms with E-state index in [1.54, 1.807) is 18.4 Å². The van der Waals surface area contributed by atoms with E-state index in [0.717, 1.165) is 52.7 Å². The molecule has 0 aliphatic rings. The van der Waals surface area contributed by atoms with Gasteiger partial charge in [0.1, 0.15) is 5.76 Å². The van der Waals surface area contributed by atoms with Gasteiger partial charge in [-0.05, 0) is 73.0 Å². The largest absolute Gasteiger partial charge is 0.464 e. The van der Waals surface area contributed by atoms with Crippen molar-refractivity contribution in [3.8, 4) is 22.6 Å². The van der Waals surface area contributed by atoms with Crippen molar-refractivity contribution in [2.75, 3.05) is 5.32 Å². The number of sulfonamides is 1. The van der Waals surface area contributed by atoms with Crippen LogP contribution in [-0.2, 0) is 16.4 Å². The zero-order chi connectivity index (χ0) is 25.1. The van der Waals surface area contributed by atoms with E-state index in [9.17, 15) is 8.42 Å². The quantitative estimate of drug-likeness (QED) is 0.260. The Morgan fingerprint density at radius 3 is 2.33 bits per heavy atom. The van der Waals surface area contributed by atoms with Crippen LogP contribution in [-0.4, -0.2) is 18.4 Å². The maximum atomic E-state index is 11.6. The monoisotopic (exact) mass is 498 g/mol. The van der Waals surface area contributed by atoms with Gasteiger partial charge in [-0.15, -0.1) is 0 Å². The van der Waals surface area contributed by atoms with Crippen LogP contribution in [0.4, 0.5) is 11.6 Å². The van der Waals surface area contributed by atoms with E-state index in [1.165, 1.54) is 17.7 Å². The fourth-order valence-corrected chi connectivity index (χ4v) is 4.58. The van der Waals surface area contributed by atoms with Crippen molar-refractivity contribution in [3.05, 3.63) is 90.7 Å². The molecule has 36 heavy (non-hydrogen) atoms. The molecule has 5 rings (SSSR count). The molecule has 0 radical (unpaired) electrons. The van der Waals surface area contributed by atoms with Crippen LogP contribution in [0.15, 0.2) is 94.4 Å². The first-order chi connectivity index (χ1) is 17.4. The summed E-state index contributed by atoms with van der Waals surface area (Å²) < 4.78 is 28.7. The second kappa shape index (κ2) is 9.93. The van der Waals surface area contributed by atoms with Crippen molar-refractivity contribution in [2.24, 2.45) is 5.14 Å². The molecule has 0 aliphatic carbocycles. The lowest BCUT2D eigenvalue weighted by molar-refractivity contribution is 0.582. The number of nitrogens with zero attached hydrogens (tertiary/aromatic N) is 2. The molecule has 0 unspecified atom stereocenters. The van der Waals surface area contributed by atoms with E-state index in [2.05, 4.69) is 36.5 Å². The van der Waals surface area contributed by atoms with E-state index in [1.807, 2.05) is 30.3 Å². The SMILES string of the molecule is CCCCc1ccc(-c2nc(Nc3ccc(S(N)(=O)=O)cc3)nc3ccc(-c4ccco4)cc23)cc1. The zero-order valence-electron chi connectivity index (χ0n) is 19.8. The van der Waals surface area contributed by atoms with Gasteiger partial charge in [-0.2, -0.15) is 0 Å². The summed E-state index contributed by atoms with van der Waals surface area (Å²) in [6, 6.07) is 24.4. The molecule has 182 valence electrons. The zero-order valence-corrected chi connectivity index (χ0v) is 20.6. The summed E-state index contributed by atoms with van der Waals surface area (Å²) in [6.45, 7) is 2.19. The second-order valence-corrected chi connectivity index (χ2v) is 10.2. The Bertz CT molecular complexity index is 1600. The highest BCUT2D eigenvalue weighted by Crippen LogP contribution is 2.32. The number of rotatable bonds is 8. The molecule has 0 atom stereocenters. The maximum absolute atomic E-state index is 11.6. The van der Waals surface area contributed by atoms with Crippen molar-refractivity contribution in [1.82, 2.24) is 9.97 Å². The van der Waals surface area contributed by atoms with E-state index in [0.29, 0.717) is 11.6 Å². The third kappa shape index (κ3) is 5.15. The molecule has 3 aromatic carbocycles. The summed E-state index contributed by atoms with van der Waals surface area (Å²) >= 11 is 0. The van der Waals surface area contributed by atoms with Crippen molar-refractivity contribution < 1.29 is 12.8 Å². The van der Waals surface area contributed by atoms with Gasteiger partial charge in [0.05, 0.1) is 22.4 Å². The number of aromatic nitrogens is 2. The topological polar surface area (TPSA) is 111 Å². The van der Waals surface area contributed by atoms with Crippen LogP contribution in [0.1, 0.15) is 25.3 Å². The summed E-state index contributed by atoms with van der Waals surface area (Å²) in [5.41, 5.74) is 5.43. The van der Waals surface area contributed by atoms with Crippen LogP contribution in [0.2, 0.25) is 0 Å². The molecule has 2 heterocycles. The third-order valence-corrected chi connectivity index (χ3v) is 6.92. The average molecular weight is 499 g/mol. The first kappa shape index (κ1) is 23.7. The molecule has 0 saturated heterocycles. The molecule has 5 aromatic rings. The number of hydrogen-bond donors (Lipinski definition) is 2. The summed E-state index contributed by atoms with van der Waals surface area (Å²) in [4.78, 5) is 9.61. The first-order valence-electron chi connectivity index (χ1n) is 11.8. The molecular weight excluding hydrogens is 472 g/mol. The van der Waals surface area contributed by atoms with Crippen LogP contribution in [0.3, 0.4) is 0 Å². The number of nitrogens with one attached hydrogen (secondary N) is 1. The Kier molecular flexibility index (Phi) is 6.54. The van der Waals surface area contributed by atoms with Gasteiger partial charge in [-0.1, -0.05) is 37.6 Å². The molecule has 0 aliphatic heterocycles. The molecule has 8 heteroatoms. The molecule has 0 spiro atoms. The number of primary sulfonamides is 1. The third-order valence-electron chi connectivity index (χ3n) is 5.99. The standard InChI is InChI=1S/C28H26N4O3S/c1-2-3-5-19-7-9-20(10-8-19)27-24-18-21(26-6-4-17-35-26)11-16-25(24)31-28(32-27)30-22-12-14-23(15-13-22)36(29,33)34/h4,6-18H,2-3,5H2,1H3,(H2,29,33,34)(H,30,31,32). The van der Waals surface area contributed by atoms with Gasteiger partial charge in [0.2, 0.25) is 16.0 Å². The second-order valence-electron chi connectivity index (χ2n) is 8.60. The van der Waals surface area contributed by atoms with Crippen LogP contribution in [0.25, 0.3) is 33.5 Å². The van der Waals surface area contributed by atoms with Crippen molar-refractivity contribution in [3.63, 3.8) is 0 Å². The number of unbranched alkanes of at least 4 members (excludes halogenated alkanes) is 1. The van der Waals surface area contributed by atoms with E-state index in [4.69, 9.17) is 19.5 Å². The fraction of sp³-hybridized carbons (Fsp3) is 0.143. The lowest BCUT2D eigenvalue weighted by Crippen LogP contribution is -2.11. The Balaban J connectivity index is 1.57. The van der Waals surface area contributed by atoms with Crippen molar-refractivity contribution in [1.29, 1.82) is 0 Å². The molecule has 0 amide bonds. The number of nitrogens with two attached hydrogens (primary N) is 1. The summed E-state index contributed by atoms with van der Waals surface area (Å²) in [7, 11) is -3.76. The van der Waals surface area contributed by atoms with Crippen LogP contribution >= 0.6 is 0 Å². The minimum absolute atomic E-state index is 0.0433. The predicted molar refractivity (Wildman–Crippen MR) is 142 cm³/mol. The van der Waals surface area contributed by atoms with Gasteiger partial charge in [-0.25, -0.2) is 23.5 Å². The van der Waals surface area contributed by atoms with Crippen LogP contribution in [0.5, 0.6) is 0 Å². The van der Waals surface area contributed by atoms with Gasteiger partial charge >= 0.3 is 0 Å². The van der Waals surface area contributed by atoms with Gasteiger partial charge < -0.3 is 9.73 Å². The molecular formula is C28H26N4O3S. The fourth-order valence-electron chi connectivity index (χ4n) is 4.07. The Morgan fingerprint density at radius 2 is 1.67 bits per heavy atom. The number of benzene rings is 3. The normalized spacial score (nSPS) is 11.6. The van der Waals surface area contributed by atoms with Gasteiger partial charge in [-0.3, -0.25) is 0 Å². The maximum Gasteiger partial charge on any atom is 0.238 e. The number of anilines is 2. The minimum Gasteiger partial charge on any atom is -0.464 e. The number of hydrogen-bond acceptors (Lipinski definition) is 6. The Hall–Kier alpha value is -4.01. The predicted octanol–water partition coefficient (Wildman–Crippen LogP) is 6.29. The van der Waals surface area contributed by atoms with E-state index in [-0.39, 0.29) is 4.90 Å². The van der Waals surface area contributed by atoms with Crippen molar-refractivity contribution >= 4 is 32.6 Å². The molecule has 0 saturated carbocycles. The summed E-state index contributed by atoms with van der Waals surface area (Å²) in [5.74, 6) is 1.18. The molecule has 3 N–H and O–H groups in total. The highest BCUT2D eigenvalue weighted by molar-refractivity contribution is 7.89. The smallest absolute Gasteiger partial charge is 0.238 e. The van der Waals surface area contributed by atoms with Crippen LogP contribution in [0, 0.1) is 0 Å². The highest BCUT2D eigenvalue weighted by Gasteiger charge is 2.14. The first-order valence-corrected chi connectivity index (χ1v) is 13.3. The number of furan rings is 1. The Morgan fingerprint density at radius 1 is 0.917 bits per heavy atom. The Labute approximate surface area is 210 Å². The lowest BCUT2D eigenvalue weighted by Gasteiger charge is -2.12. The summed E-state index contributed by atoms with van der Waals surface area (Å²) in [5, 5.41) is 9.30. The number of fused-ring (bicyclic) bond motifs is 1. The van der Waals surface area contributed by atoms with Gasteiger partial charge in [0.15, 0.2) is 0 Å². The van der Waals surface area contributed by atoms with Crippen LogP contribution < -0.4 is 10.5 Å². The van der Waals surface area contributed by atoms with Crippen molar-refractivity contribution in [2.45, 2.75) is 31.1 Å². The average Bonchev–Trinajstić information content (AvgIpc) is 3.42. The van der Waals surface area contributed by atoms with E-state index >= 15 is 0 Å². The molecule has 0 bridgehead atoms. The molecule has 0 fully saturated rings. The van der Waals surface area contributed by atoms with Gasteiger partial charge in [0.25, 0.3) is 0 Å². The molecule has 7 nitrogen and oxygen atoms in total. The molecule has 2 aromatic heterocycles. The number of aryl methyl sites for hydroxylation is 1. The van der Waals surface area contributed by atoms with E-state index < -0.39 is 10.0 Å². The van der Waals surface area contributed by atoms with Gasteiger partial charge in [0, 0.05) is 22.2 Å². The highest BCUT2D eigenvalue weighted by atomic mass is 32.2.